The van der Waals surface area contributed by atoms with Gasteiger partial charge in [-0.15, -0.1) is 6.58 Å². The highest BCUT2D eigenvalue weighted by Gasteiger charge is 2.24. The molecule has 0 unspecified atom stereocenters. The van der Waals surface area contributed by atoms with Crippen molar-refractivity contribution in [2.45, 2.75) is 50.6 Å². The van der Waals surface area contributed by atoms with Crippen LogP contribution in [0.25, 0.3) is 6.08 Å². The molecule has 1 aromatic rings. The summed E-state index contributed by atoms with van der Waals surface area (Å²) in [5.41, 5.74) is 0.875. The molecular weight excluding hydrogens is 304 g/mol. The zero-order chi connectivity index (χ0) is 16.9. The van der Waals surface area contributed by atoms with E-state index in [0.717, 1.165) is 50.2 Å². The Hall–Kier alpha value is -1.58. The van der Waals surface area contributed by atoms with Crippen molar-refractivity contribution in [2.24, 2.45) is 5.92 Å². The zero-order valence-electron chi connectivity index (χ0n) is 13.1. The molecule has 1 saturated carbocycles. The number of halogens is 4. The summed E-state index contributed by atoms with van der Waals surface area (Å²) in [4.78, 5) is 0. The average Bonchev–Trinajstić information content (AvgIpc) is 2.51. The first-order valence-corrected chi connectivity index (χ1v) is 8.05. The van der Waals surface area contributed by atoms with Gasteiger partial charge in [0.25, 0.3) is 0 Å². The van der Waals surface area contributed by atoms with Crippen LogP contribution in [0.5, 0.6) is 0 Å². The Morgan fingerprint density at radius 2 is 1.83 bits per heavy atom. The van der Waals surface area contributed by atoms with Gasteiger partial charge in [0, 0.05) is 11.6 Å². The standard InChI is InChI=1S/C19H22F4/c1-2-3-4-14-5-7-15(8-6-14)17-10-9-16(18(20)13-17)11-12-19(21,22)23/h2,9-15H,1,3-8H2/b12-11-. The molecule has 0 N–H and O–H groups in total. The van der Waals surface area contributed by atoms with E-state index in [0.29, 0.717) is 11.8 Å². The summed E-state index contributed by atoms with van der Waals surface area (Å²) in [5.74, 6) is 0.435. The van der Waals surface area contributed by atoms with Gasteiger partial charge in [0.2, 0.25) is 0 Å². The molecule has 1 fully saturated rings. The Morgan fingerprint density at radius 1 is 1.13 bits per heavy atom. The molecule has 1 aliphatic rings. The predicted octanol–water partition coefficient (Wildman–Crippen LogP) is 6.64. The molecule has 0 heterocycles. The number of rotatable bonds is 5. The molecule has 1 aromatic carbocycles. The van der Waals surface area contributed by atoms with Crippen molar-refractivity contribution in [3.63, 3.8) is 0 Å². The molecule has 1 aliphatic carbocycles. The second-order valence-corrected chi connectivity index (χ2v) is 6.24. The van der Waals surface area contributed by atoms with E-state index in [1.807, 2.05) is 6.08 Å². The quantitative estimate of drug-likeness (QED) is 0.420. The van der Waals surface area contributed by atoms with Gasteiger partial charge in [0.15, 0.2) is 0 Å². The number of benzene rings is 1. The van der Waals surface area contributed by atoms with E-state index in [9.17, 15) is 17.6 Å². The number of hydrogen-bond acceptors (Lipinski definition) is 0. The van der Waals surface area contributed by atoms with Crippen LogP contribution in [0.15, 0.2) is 36.9 Å². The van der Waals surface area contributed by atoms with Gasteiger partial charge < -0.3 is 0 Å². The lowest BCUT2D eigenvalue weighted by Gasteiger charge is -2.28. The first-order chi connectivity index (χ1) is 10.9. The molecule has 23 heavy (non-hydrogen) atoms. The summed E-state index contributed by atoms with van der Waals surface area (Å²) in [5, 5.41) is 0. The Kier molecular flexibility index (Phi) is 6.03. The van der Waals surface area contributed by atoms with Gasteiger partial charge in [-0.25, -0.2) is 4.39 Å². The Bertz CT molecular complexity index is 549. The average molecular weight is 326 g/mol. The fourth-order valence-electron chi connectivity index (χ4n) is 3.25. The molecule has 0 bridgehead atoms. The Labute approximate surface area is 134 Å². The lowest BCUT2D eigenvalue weighted by molar-refractivity contribution is -0.0790. The number of alkyl halides is 3. The zero-order valence-corrected chi connectivity index (χ0v) is 13.1. The minimum atomic E-state index is -4.42. The van der Waals surface area contributed by atoms with Crippen LogP contribution in [0.4, 0.5) is 17.6 Å². The fourth-order valence-corrected chi connectivity index (χ4v) is 3.25. The van der Waals surface area contributed by atoms with E-state index in [4.69, 9.17) is 0 Å². The lowest BCUT2D eigenvalue weighted by Crippen LogP contribution is -2.13. The second kappa shape index (κ2) is 7.80. The minimum absolute atomic E-state index is 0.0225. The van der Waals surface area contributed by atoms with E-state index in [-0.39, 0.29) is 11.6 Å². The molecule has 0 saturated heterocycles. The van der Waals surface area contributed by atoms with Gasteiger partial charge in [0.05, 0.1) is 0 Å². The van der Waals surface area contributed by atoms with Crippen LogP contribution >= 0.6 is 0 Å². The number of hydrogen-bond donors (Lipinski definition) is 0. The smallest absolute Gasteiger partial charge is 0.206 e. The maximum absolute atomic E-state index is 14.0. The van der Waals surface area contributed by atoms with Crippen molar-refractivity contribution in [1.29, 1.82) is 0 Å². The second-order valence-electron chi connectivity index (χ2n) is 6.24. The molecule has 0 aliphatic heterocycles. The topological polar surface area (TPSA) is 0 Å². The molecule has 0 amide bonds. The SMILES string of the molecule is C=CCCC1CCC(c2ccc(/C=C\C(F)(F)F)c(F)c2)CC1. The van der Waals surface area contributed by atoms with Gasteiger partial charge in [-0.1, -0.05) is 18.2 Å². The highest BCUT2D eigenvalue weighted by Crippen LogP contribution is 2.38. The van der Waals surface area contributed by atoms with Crippen molar-refractivity contribution in [2.75, 3.05) is 0 Å². The molecule has 4 heteroatoms. The molecule has 2 rings (SSSR count). The van der Waals surface area contributed by atoms with Crippen molar-refractivity contribution in [3.8, 4) is 0 Å². The molecule has 0 nitrogen and oxygen atoms in total. The first kappa shape index (κ1) is 17.8. The summed E-state index contributed by atoms with van der Waals surface area (Å²) in [6, 6.07) is 4.59. The van der Waals surface area contributed by atoms with Gasteiger partial charge in [-0.2, -0.15) is 13.2 Å². The molecule has 0 atom stereocenters. The maximum atomic E-state index is 14.0. The molecule has 126 valence electrons. The highest BCUT2D eigenvalue weighted by atomic mass is 19.4. The van der Waals surface area contributed by atoms with E-state index in [1.54, 1.807) is 6.07 Å². The third-order valence-corrected chi connectivity index (χ3v) is 4.57. The first-order valence-electron chi connectivity index (χ1n) is 8.05. The predicted molar refractivity (Wildman–Crippen MR) is 85.6 cm³/mol. The van der Waals surface area contributed by atoms with Crippen molar-refractivity contribution in [1.82, 2.24) is 0 Å². The molecule has 0 aromatic heterocycles. The van der Waals surface area contributed by atoms with Crippen LogP contribution in [-0.4, -0.2) is 6.18 Å². The third kappa shape index (κ3) is 5.52. The van der Waals surface area contributed by atoms with Crippen LogP contribution in [0.3, 0.4) is 0 Å². The van der Waals surface area contributed by atoms with Crippen LogP contribution in [-0.2, 0) is 0 Å². The van der Waals surface area contributed by atoms with Crippen LogP contribution in [0, 0.1) is 11.7 Å². The summed E-state index contributed by atoms with van der Waals surface area (Å²) < 4.78 is 50.5. The van der Waals surface area contributed by atoms with Crippen molar-refractivity contribution >= 4 is 6.08 Å². The van der Waals surface area contributed by atoms with Crippen LogP contribution < -0.4 is 0 Å². The summed E-state index contributed by atoms with van der Waals surface area (Å²) in [7, 11) is 0. The van der Waals surface area contributed by atoms with E-state index in [1.165, 1.54) is 12.1 Å². The fraction of sp³-hybridized carbons (Fsp3) is 0.474. The minimum Gasteiger partial charge on any atom is -0.206 e. The highest BCUT2D eigenvalue weighted by molar-refractivity contribution is 5.51. The van der Waals surface area contributed by atoms with Gasteiger partial charge in [-0.05, 0) is 68.1 Å². The Balaban J connectivity index is 1.98. The van der Waals surface area contributed by atoms with Crippen LogP contribution in [0.2, 0.25) is 0 Å². The van der Waals surface area contributed by atoms with Crippen molar-refractivity contribution in [3.05, 3.63) is 53.9 Å². The molecule has 0 spiro atoms. The van der Waals surface area contributed by atoms with Crippen molar-refractivity contribution < 1.29 is 17.6 Å². The molecular formula is C19H22F4. The van der Waals surface area contributed by atoms with Gasteiger partial charge in [-0.3, -0.25) is 0 Å². The monoisotopic (exact) mass is 326 g/mol. The van der Waals surface area contributed by atoms with Gasteiger partial charge >= 0.3 is 6.18 Å². The lowest BCUT2D eigenvalue weighted by atomic mass is 9.77. The van der Waals surface area contributed by atoms with E-state index in [2.05, 4.69) is 6.58 Å². The van der Waals surface area contributed by atoms with Crippen LogP contribution in [0.1, 0.15) is 55.6 Å². The van der Waals surface area contributed by atoms with Gasteiger partial charge in [0.1, 0.15) is 5.82 Å². The summed E-state index contributed by atoms with van der Waals surface area (Å²) >= 11 is 0. The van der Waals surface area contributed by atoms with E-state index < -0.39 is 12.0 Å². The summed E-state index contributed by atoms with van der Waals surface area (Å²) in [6.45, 7) is 3.74. The summed E-state index contributed by atoms with van der Waals surface area (Å²) in [6.07, 6.45) is 4.82. The normalized spacial score (nSPS) is 22.4. The maximum Gasteiger partial charge on any atom is 0.409 e. The number of allylic oxidation sites excluding steroid dienone is 2. The molecule has 0 radical (unpaired) electrons. The Morgan fingerprint density at radius 3 is 2.39 bits per heavy atom. The largest absolute Gasteiger partial charge is 0.409 e. The van der Waals surface area contributed by atoms with E-state index >= 15 is 0 Å². The third-order valence-electron chi connectivity index (χ3n) is 4.57.